The number of hydrogen-bond donors (Lipinski definition) is 2. The standard InChI is InChI=1S/C17H19BrN2OS/c1-12(14-8-9-16(21-2)15(18)10-14)20-17(22)19-11-13-6-4-3-5-7-13/h3-10,12H,11H2,1-2H3,(H2,19,20,22)/t12-/m1/s1. The third-order valence-electron chi connectivity index (χ3n) is 3.32. The van der Waals surface area contributed by atoms with Crippen LogP contribution >= 0.6 is 28.1 Å². The highest BCUT2D eigenvalue weighted by Gasteiger charge is 2.09. The maximum absolute atomic E-state index is 5.35. The minimum atomic E-state index is 0.109. The molecule has 0 spiro atoms. The quantitative estimate of drug-likeness (QED) is 0.764. The third-order valence-corrected chi connectivity index (χ3v) is 4.20. The minimum absolute atomic E-state index is 0.109. The smallest absolute Gasteiger partial charge is 0.167 e. The number of methoxy groups -OCH3 is 1. The number of thiocarbonyl (C=S) groups is 1. The summed E-state index contributed by atoms with van der Waals surface area (Å²) in [4.78, 5) is 0. The molecule has 0 aromatic heterocycles. The SMILES string of the molecule is COc1ccc([C@@H](C)NC(=S)NCc2ccccc2)cc1Br. The first kappa shape index (κ1) is 16.8. The molecular weight excluding hydrogens is 360 g/mol. The first-order chi connectivity index (χ1) is 10.6. The Morgan fingerprint density at radius 2 is 1.95 bits per heavy atom. The van der Waals surface area contributed by atoms with Gasteiger partial charge in [0.25, 0.3) is 0 Å². The Hall–Kier alpha value is -1.59. The molecule has 0 radical (unpaired) electrons. The predicted octanol–water partition coefficient (Wildman–Crippen LogP) is 4.18. The first-order valence-corrected chi connectivity index (χ1v) is 8.22. The highest BCUT2D eigenvalue weighted by atomic mass is 79.9. The molecule has 2 rings (SSSR count). The van der Waals surface area contributed by atoms with Crippen molar-refractivity contribution in [2.24, 2.45) is 0 Å². The van der Waals surface area contributed by atoms with E-state index in [1.165, 1.54) is 5.56 Å². The Morgan fingerprint density at radius 1 is 1.23 bits per heavy atom. The van der Waals surface area contributed by atoms with Gasteiger partial charge in [-0.3, -0.25) is 0 Å². The van der Waals surface area contributed by atoms with E-state index < -0.39 is 0 Å². The van der Waals surface area contributed by atoms with Crippen LogP contribution in [0.4, 0.5) is 0 Å². The number of ether oxygens (including phenoxy) is 1. The van der Waals surface area contributed by atoms with Crippen molar-refractivity contribution in [3.8, 4) is 5.75 Å². The fourth-order valence-electron chi connectivity index (χ4n) is 2.06. The van der Waals surface area contributed by atoms with Crippen LogP contribution in [0.2, 0.25) is 0 Å². The van der Waals surface area contributed by atoms with E-state index in [2.05, 4.69) is 45.6 Å². The fraction of sp³-hybridized carbons (Fsp3) is 0.235. The lowest BCUT2D eigenvalue weighted by Crippen LogP contribution is -2.36. The van der Waals surface area contributed by atoms with Crippen LogP contribution in [0.5, 0.6) is 5.75 Å². The summed E-state index contributed by atoms with van der Waals surface area (Å²) in [6.07, 6.45) is 0. The number of hydrogen-bond acceptors (Lipinski definition) is 2. The van der Waals surface area contributed by atoms with Gasteiger partial charge in [0.1, 0.15) is 5.75 Å². The van der Waals surface area contributed by atoms with Crippen molar-refractivity contribution < 1.29 is 4.74 Å². The molecule has 0 fully saturated rings. The number of halogens is 1. The average molecular weight is 379 g/mol. The van der Waals surface area contributed by atoms with Gasteiger partial charge in [0, 0.05) is 6.54 Å². The van der Waals surface area contributed by atoms with E-state index in [4.69, 9.17) is 17.0 Å². The summed E-state index contributed by atoms with van der Waals surface area (Å²) in [5.41, 5.74) is 2.34. The average Bonchev–Trinajstić information content (AvgIpc) is 2.53. The molecule has 0 heterocycles. The van der Waals surface area contributed by atoms with Crippen molar-refractivity contribution in [1.29, 1.82) is 0 Å². The molecule has 2 N–H and O–H groups in total. The second-order valence-electron chi connectivity index (χ2n) is 4.93. The van der Waals surface area contributed by atoms with Crippen molar-refractivity contribution in [3.05, 3.63) is 64.1 Å². The molecule has 2 aromatic carbocycles. The van der Waals surface area contributed by atoms with E-state index in [1.807, 2.05) is 36.4 Å². The molecule has 0 amide bonds. The lowest BCUT2D eigenvalue weighted by molar-refractivity contribution is 0.412. The molecule has 22 heavy (non-hydrogen) atoms. The summed E-state index contributed by atoms with van der Waals surface area (Å²) >= 11 is 8.85. The van der Waals surface area contributed by atoms with Gasteiger partial charge in [-0.25, -0.2) is 0 Å². The molecule has 0 aliphatic carbocycles. The zero-order valence-electron chi connectivity index (χ0n) is 12.6. The van der Waals surface area contributed by atoms with Crippen LogP contribution in [0.3, 0.4) is 0 Å². The number of nitrogens with one attached hydrogen (secondary N) is 2. The molecule has 0 unspecified atom stereocenters. The van der Waals surface area contributed by atoms with Crippen molar-refractivity contribution in [3.63, 3.8) is 0 Å². The molecule has 116 valence electrons. The Kier molecular flexibility index (Phi) is 6.21. The van der Waals surface area contributed by atoms with Gasteiger partial charge in [-0.1, -0.05) is 36.4 Å². The van der Waals surface area contributed by atoms with E-state index in [1.54, 1.807) is 7.11 Å². The van der Waals surface area contributed by atoms with E-state index in [0.717, 1.165) is 15.8 Å². The molecule has 2 aromatic rings. The highest BCUT2D eigenvalue weighted by Crippen LogP contribution is 2.27. The van der Waals surface area contributed by atoms with E-state index >= 15 is 0 Å². The Bertz CT molecular complexity index is 634. The predicted molar refractivity (Wildman–Crippen MR) is 98.1 cm³/mol. The van der Waals surface area contributed by atoms with Crippen LogP contribution in [0, 0.1) is 0 Å². The van der Waals surface area contributed by atoms with Crippen molar-refractivity contribution in [2.45, 2.75) is 19.5 Å². The highest BCUT2D eigenvalue weighted by molar-refractivity contribution is 9.10. The van der Waals surface area contributed by atoms with Gasteiger partial charge in [-0.15, -0.1) is 0 Å². The van der Waals surface area contributed by atoms with Crippen molar-refractivity contribution >= 4 is 33.3 Å². The van der Waals surface area contributed by atoms with Crippen LogP contribution in [-0.2, 0) is 6.54 Å². The normalized spacial score (nSPS) is 11.6. The minimum Gasteiger partial charge on any atom is -0.496 e. The van der Waals surface area contributed by atoms with Gasteiger partial charge in [0.15, 0.2) is 5.11 Å². The fourth-order valence-corrected chi connectivity index (χ4v) is 2.87. The molecule has 0 aliphatic rings. The molecule has 0 saturated heterocycles. The second kappa shape index (κ2) is 8.15. The zero-order chi connectivity index (χ0) is 15.9. The van der Waals surface area contributed by atoms with Gasteiger partial charge in [-0.2, -0.15) is 0 Å². The number of benzene rings is 2. The summed E-state index contributed by atoms with van der Waals surface area (Å²) < 4.78 is 6.18. The summed E-state index contributed by atoms with van der Waals surface area (Å²) in [6.45, 7) is 2.79. The van der Waals surface area contributed by atoms with Crippen LogP contribution < -0.4 is 15.4 Å². The van der Waals surface area contributed by atoms with Crippen LogP contribution in [0.25, 0.3) is 0 Å². The second-order valence-corrected chi connectivity index (χ2v) is 6.19. The Morgan fingerprint density at radius 3 is 2.59 bits per heavy atom. The van der Waals surface area contributed by atoms with Crippen LogP contribution in [0.1, 0.15) is 24.1 Å². The van der Waals surface area contributed by atoms with Crippen LogP contribution in [0.15, 0.2) is 53.0 Å². The number of rotatable bonds is 5. The van der Waals surface area contributed by atoms with Gasteiger partial charge in [0.05, 0.1) is 17.6 Å². The summed E-state index contributed by atoms with van der Waals surface area (Å²) in [7, 11) is 1.66. The van der Waals surface area contributed by atoms with Gasteiger partial charge >= 0.3 is 0 Å². The molecular formula is C17H19BrN2OS. The topological polar surface area (TPSA) is 33.3 Å². The molecule has 0 aliphatic heterocycles. The maximum Gasteiger partial charge on any atom is 0.167 e. The largest absolute Gasteiger partial charge is 0.496 e. The molecule has 0 bridgehead atoms. The lowest BCUT2D eigenvalue weighted by atomic mass is 10.1. The van der Waals surface area contributed by atoms with Gasteiger partial charge in [-0.05, 0) is 58.3 Å². The summed E-state index contributed by atoms with van der Waals surface area (Å²) in [5, 5.41) is 7.15. The first-order valence-electron chi connectivity index (χ1n) is 7.02. The Balaban J connectivity index is 1.89. The maximum atomic E-state index is 5.35. The molecule has 3 nitrogen and oxygen atoms in total. The molecule has 1 atom stereocenters. The Labute approximate surface area is 145 Å². The molecule has 0 saturated carbocycles. The van der Waals surface area contributed by atoms with E-state index in [9.17, 15) is 0 Å². The zero-order valence-corrected chi connectivity index (χ0v) is 15.0. The van der Waals surface area contributed by atoms with Gasteiger partial charge in [0.2, 0.25) is 0 Å². The lowest BCUT2D eigenvalue weighted by Gasteiger charge is -2.18. The van der Waals surface area contributed by atoms with Crippen molar-refractivity contribution in [1.82, 2.24) is 10.6 Å². The molecule has 5 heteroatoms. The van der Waals surface area contributed by atoms with E-state index in [-0.39, 0.29) is 6.04 Å². The summed E-state index contributed by atoms with van der Waals surface area (Å²) in [6, 6.07) is 16.3. The summed E-state index contributed by atoms with van der Waals surface area (Å²) in [5.74, 6) is 0.820. The third kappa shape index (κ3) is 4.71. The van der Waals surface area contributed by atoms with Crippen LogP contribution in [-0.4, -0.2) is 12.2 Å². The monoisotopic (exact) mass is 378 g/mol. The van der Waals surface area contributed by atoms with E-state index in [0.29, 0.717) is 11.7 Å². The van der Waals surface area contributed by atoms with Gasteiger partial charge < -0.3 is 15.4 Å². The van der Waals surface area contributed by atoms with Crippen molar-refractivity contribution in [2.75, 3.05) is 7.11 Å².